The van der Waals surface area contributed by atoms with E-state index in [-0.39, 0.29) is 0 Å². The molecule has 0 N–H and O–H groups in total. The quantitative estimate of drug-likeness (QED) is 0.523. The highest BCUT2D eigenvalue weighted by atomic mass is 13.7. The molecule has 0 aromatic heterocycles. The molecule has 0 aliphatic rings. The lowest BCUT2D eigenvalue weighted by atomic mass is 1.71. The van der Waals surface area contributed by atoms with Crippen molar-refractivity contribution < 1.29 is 0 Å². The highest BCUT2D eigenvalue weighted by Gasteiger charge is 1.99. The fraction of sp³-hybridized carbons (Fsp3) is 0.111. The lowest BCUT2D eigenvalue weighted by Crippen LogP contribution is -2.23. The van der Waals surface area contributed by atoms with Crippen LogP contribution >= 0.6 is 0 Å². The van der Waals surface area contributed by atoms with Crippen molar-refractivity contribution in [1.29, 1.82) is 0 Å². The van der Waals surface area contributed by atoms with E-state index in [2.05, 4.69) is 43.1 Å². The van der Waals surface area contributed by atoms with Crippen LogP contribution in [0.15, 0.2) is 42.6 Å². The van der Waals surface area contributed by atoms with Crippen molar-refractivity contribution in [2.24, 2.45) is 0 Å². The molecule has 1 radical (unpaired) electrons. The van der Waals surface area contributed by atoms with E-state index in [1.807, 2.05) is 6.07 Å². The van der Waals surface area contributed by atoms with Gasteiger partial charge < -0.3 is 0 Å². The SMILES string of the molecule is C=C[2Si](C)c1ccccc1. The minimum Gasteiger partial charge on any atom is -0.107 e. The predicted molar refractivity (Wildman–Crippen MR) is 47.9 cm³/mol. The van der Waals surface area contributed by atoms with E-state index in [1.54, 1.807) is 0 Å². The Morgan fingerprint density at radius 2 is 1.90 bits per heavy atom. The fourth-order valence-electron chi connectivity index (χ4n) is 0.819. The Bertz CT molecular complexity index is 203. The lowest BCUT2D eigenvalue weighted by molar-refractivity contribution is 1.75. The Balaban J connectivity index is 2.84. The number of hydrogen-bond donors (Lipinski definition) is 0. The summed E-state index contributed by atoms with van der Waals surface area (Å²) in [6.45, 7) is 6.03. The van der Waals surface area contributed by atoms with E-state index >= 15 is 0 Å². The largest absolute Gasteiger partial charge is 0.108 e. The first-order valence-electron chi connectivity index (χ1n) is 3.36. The standard InChI is InChI=1S/C9H11Si/c1-3-10(2)9-7-5-4-6-8-9/h3-8H,1H2,2H3/i10-26. The zero-order valence-electron chi connectivity index (χ0n) is 6.17. The van der Waals surface area contributed by atoms with Crippen LogP contribution in [0.25, 0.3) is 0 Å². The maximum Gasteiger partial charge on any atom is 0.108 e. The molecule has 0 saturated heterocycles. The van der Waals surface area contributed by atoms with Crippen molar-refractivity contribution in [1.82, 2.24) is 0 Å². The molecule has 0 atom stereocenters. The van der Waals surface area contributed by atoms with Crippen LogP contribution in [0.2, 0.25) is 6.55 Å². The molecule has 0 amide bonds. The van der Waals surface area contributed by atoms with Crippen LogP contribution in [-0.4, -0.2) is 8.80 Å². The summed E-state index contributed by atoms with van der Waals surface area (Å²) in [4.78, 5) is 0. The highest BCUT2D eigenvalue weighted by molar-refractivity contribution is 6.76. The van der Waals surface area contributed by atoms with Gasteiger partial charge in [0, 0.05) is 0 Å². The molecule has 0 saturated carbocycles. The van der Waals surface area contributed by atoms with Gasteiger partial charge in [-0.05, 0) is 0 Å². The van der Waals surface area contributed by atoms with Crippen LogP contribution in [0.3, 0.4) is 0 Å². The summed E-state index contributed by atoms with van der Waals surface area (Å²) in [5.41, 5.74) is 2.06. The van der Waals surface area contributed by atoms with Gasteiger partial charge in [-0.1, -0.05) is 47.8 Å². The minimum absolute atomic E-state index is 0.443. The van der Waals surface area contributed by atoms with Gasteiger partial charge in [0.05, 0.1) is 0 Å². The van der Waals surface area contributed by atoms with Crippen molar-refractivity contribution in [2.45, 2.75) is 6.55 Å². The maximum absolute atomic E-state index is 3.78. The monoisotopic (exact) mass is 121 g/mol. The molecule has 0 bridgehead atoms. The zero-order valence-corrected chi connectivity index (χ0v) is 7.17. The average Bonchev–Trinajstić information content (AvgIpc) is 2.05. The highest BCUT2D eigenvalue weighted by Crippen LogP contribution is 1.87. The molecule has 0 spiro atoms. The molecule has 0 heterocycles. The van der Waals surface area contributed by atoms with Crippen molar-refractivity contribution in [3.8, 4) is 0 Å². The van der Waals surface area contributed by atoms with E-state index in [0.29, 0.717) is 0 Å². The Kier molecular flexibility index (Phi) is 2.46. The summed E-state index contributed by atoms with van der Waals surface area (Å²) in [5, 5.41) is 1.43. The van der Waals surface area contributed by atoms with E-state index in [0.717, 1.165) is 0 Å². The van der Waals surface area contributed by atoms with E-state index in [9.17, 15) is 0 Å². The Labute approximate surface area is 63.8 Å². The smallest absolute Gasteiger partial charge is 0.107 e. The second kappa shape index (κ2) is 3.37. The normalized spacial score (nSPS) is 9.80. The molecular formula is C9H11Si. The third-order valence-corrected chi connectivity index (χ3v) is 3.39. The van der Waals surface area contributed by atoms with Crippen LogP contribution in [0.5, 0.6) is 0 Å². The Morgan fingerprint density at radius 1 is 1.30 bits per heavy atom. The van der Waals surface area contributed by atoms with E-state index in [1.165, 1.54) is 5.19 Å². The van der Waals surface area contributed by atoms with Crippen molar-refractivity contribution in [3.63, 3.8) is 0 Å². The van der Waals surface area contributed by atoms with Crippen LogP contribution in [0.1, 0.15) is 0 Å². The molecular weight excluding hydrogens is 110 g/mol. The van der Waals surface area contributed by atoms with E-state index in [4.69, 9.17) is 0 Å². The molecule has 0 aliphatic carbocycles. The predicted octanol–water partition coefficient (Wildman–Crippen LogP) is 1.74. The van der Waals surface area contributed by atoms with Gasteiger partial charge in [0.15, 0.2) is 0 Å². The molecule has 10 heavy (non-hydrogen) atoms. The first-order chi connectivity index (χ1) is 4.84. The van der Waals surface area contributed by atoms with E-state index < -0.39 is 8.80 Å². The second-order valence-electron chi connectivity index (χ2n) is 2.25. The van der Waals surface area contributed by atoms with Gasteiger partial charge in [-0.25, -0.2) is 0 Å². The summed E-state index contributed by atoms with van der Waals surface area (Å²) in [6, 6.07) is 10.5. The molecule has 0 aliphatic heterocycles. The molecule has 51 valence electrons. The molecule has 1 rings (SSSR count). The van der Waals surface area contributed by atoms with Gasteiger partial charge >= 0.3 is 0 Å². The fourth-order valence-corrected chi connectivity index (χ4v) is 1.77. The van der Waals surface area contributed by atoms with Crippen molar-refractivity contribution in [3.05, 3.63) is 42.6 Å². The van der Waals surface area contributed by atoms with Crippen molar-refractivity contribution in [2.75, 3.05) is 0 Å². The van der Waals surface area contributed by atoms with Gasteiger partial charge in [0.1, 0.15) is 8.80 Å². The van der Waals surface area contributed by atoms with Gasteiger partial charge in [-0.15, -0.1) is 6.58 Å². The van der Waals surface area contributed by atoms with Crippen LogP contribution in [0.4, 0.5) is 0 Å². The Morgan fingerprint density at radius 3 is 2.40 bits per heavy atom. The van der Waals surface area contributed by atoms with Crippen LogP contribution < -0.4 is 5.19 Å². The maximum atomic E-state index is 3.78. The topological polar surface area (TPSA) is 0 Å². The molecule has 1 aromatic rings. The Hall–Kier alpha value is -0.823. The lowest BCUT2D eigenvalue weighted by Gasteiger charge is -2.01. The summed E-state index contributed by atoms with van der Waals surface area (Å²) in [5.74, 6) is 0. The third-order valence-electron chi connectivity index (χ3n) is 1.54. The molecule has 0 fully saturated rings. The van der Waals surface area contributed by atoms with Gasteiger partial charge in [-0.3, -0.25) is 0 Å². The minimum atomic E-state index is -0.443. The molecule has 0 unspecified atom stereocenters. The summed E-state index contributed by atoms with van der Waals surface area (Å²) >= 11 is 0. The van der Waals surface area contributed by atoms with Crippen LogP contribution in [-0.2, 0) is 0 Å². The third kappa shape index (κ3) is 1.58. The van der Waals surface area contributed by atoms with Gasteiger partial charge in [-0.2, -0.15) is 0 Å². The summed E-state index contributed by atoms with van der Waals surface area (Å²) in [7, 11) is -0.443. The first kappa shape index (κ1) is 7.29. The molecule has 0 nitrogen and oxygen atoms in total. The molecule has 1 aromatic carbocycles. The van der Waals surface area contributed by atoms with Gasteiger partial charge in [0.25, 0.3) is 0 Å². The summed E-state index contributed by atoms with van der Waals surface area (Å²) in [6.07, 6.45) is 0. The number of hydrogen-bond acceptors (Lipinski definition) is 0. The van der Waals surface area contributed by atoms with Crippen molar-refractivity contribution >= 4 is 14.0 Å². The first-order valence-corrected chi connectivity index (χ1v) is 5.43. The average molecular weight is 121 g/mol. The zero-order chi connectivity index (χ0) is 7.40. The van der Waals surface area contributed by atoms with Crippen LogP contribution in [0, 0.1) is 0 Å². The number of rotatable bonds is 2. The number of benzene rings is 1. The molecule has 1 heteroatoms. The second-order valence-corrected chi connectivity index (χ2v) is 4.60. The van der Waals surface area contributed by atoms with Gasteiger partial charge in [0.2, 0.25) is 0 Å². The summed E-state index contributed by atoms with van der Waals surface area (Å²) < 4.78 is 0.